The van der Waals surface area contributed by atoms with Crippen molar-refractivity contribution >= 4 is 20.2 Å². The second-order valence-electron chi connectivity index (χ2n) is 3.81. The van der Waals surface area contributed by atoms with Crippen molar-refractivity contribution in [3.63, 3.8) is 0 Å². The van der Waals surface area contributed by atoms with Gasteiger partial charge in [0.2, 0.25) is 0 Å². The Balaban J connectivity index is 4.35. The maximum absolute atomic E-state index is 11.2. The third-order valence-electron chi connectivity index (χ3n) is 1.26. The van der Waals surface area contributed by atoms with E-state index < -0.39 is 43.9 Å². The largest absolute Gasteiger partial charge is 0.268 e. The molecule has 0 aliphatic heterocycles. The molecule has 0 saturated heterocycles. The van der Waals surface area contributed by atoms with E-state index in [9.17, 15) is 16.8 Å². The van der Waals surface area contributed by atoms with Gasteiger partial charge in [-0.3, -0.25) is 8.37 Å². The van der Waals surface area contributed by atoms with Crippen LogP contribution in [0.4, 0.5) is 0 Å². The summed E-state index contributed by atoms with van der Waals surface area (Å²) >= 11 is 0. The van der Waals surface area contributed by atoms with Gasteiger partial charge in [0.25, 0.3) is 20.2 Å². The first-order chi connectivity index (χ1) is 7.04. The van der Waals surface area contributed by atoms with Gasteiger partial charge in [0, 0.05) is 0 Å². The van der Waals surface area contributed by atoms with Crippen molar-refractivity contribution < 1.29 is 25.2 Å². The summed E-state index contributed by atoms with van der Waals surface area (Å²) < 4.78 is 54.1. The third-order valence-corrected chi connectivity index (χ3v) is 4.28. The summed E-state index contributed by atoms with van der Waals surface area (Å²) in [7, 11) is -7.62. The monoisotopic (exact) mass is 274 g/mol. The molecule has 0 heterocycles. The quantitative estimate of drug-likeness (QED) is 0.628. The molecule has 0 aliphatic carbocycles. The van der Waals surface area contributed by atoms with Crippen LogP contribution in [0.1, 0.15) is 27.7 Å². The standard InChI is InChI=1S/C8H18O6S2/c1-7(2)13-15(9,10)5-6-16(11,12)14-8(3)4/h7-8H,5-6H2,1-4H3. The van der Waals surface area contributed by atoms with Gasteiger partial charge in [-0.05, 0) is 27.7 Å². The third kappa shape index (κ3) is 8.03. The van der Waals surface area contributed by atoms with Gasteiger partial charge in [-0.15, -0.1) is 0 Å². The minimum absolute atomic E-state index is 0.501. The van der Waals surface area contributed by atoms with E-state index in [0.29, 0.717) is 0 Å². The highest BCUT2D eigenvalue weighted by Gasteiger charge is 2.21. The van der Waals surface area contributed by atoms with Gasteiger partial charge in [0.1, 0.15) is 0 Å². The van der Waals surface area contributed by atoms with Crippen LogP contribution in [-0.2, 0) is 28.6 Å². The normalized spacial score (nSPS) is 13.6. The van der Waals surface area contributed by atoms with Gasteiger partial charge in [-0.1, -0.05) is 0 Å². The van der Waals surface area contributed by atoms with Gasteiger partial charge in [-0.2, -0.15) is 16.8 Å². The zero-order chi connectivity index (χ0) is 13.0. The maximum Gasteiger partial charge on any atom is 0.268 e. The average molecular weight is 274 g/mol. The number of rotatable bonds is 7. The van der Waals surface area contributed by atoms with Gasteiger partial charge >= 0.3 is 0 Å². The Bertz CT molecular complexity index is 352. The van der Waals surface area contributed by atoms with Crippen LogP contribution in [-0.4, -0.2) is 40.5 Å². The minimum atomic E-state index is -3.81. The predicted octanol–water partition coefficient (Wildman–Crippen LogP) is 0.496. The van der Waals surface area contributed by atoms with Crippen molar-refractivity contribution in [3.05, 3.63) is 0 Å². The highest BCUT2D eigenvalue weighted by Crippen LogP contribution is 2.04. The topological polar surface area (TPSA) is 86.7 Å². The average Bonchev–Trinajstić information content (AvgIpc) is 1.96. The van der Waals surface area contributed by atoms with E-state index in [4.69, 9.17) is 0 Å². The molecular formula is C8H18O6S2. The fraction of sp³-hybridized carbons (Fsp3) is 1.00. The molecule has 0 spiro atoms. The van der Waals surface area contributed by atoms with Crippen molar-refractivity contribution in [2.75, 3.05) is 11.5 Å². The molecule has 0 aliphatic rings. The number of hydrogen-bond donors (Lipinski definition) is 0. The molecule has 0 atom stereocenters. The van der Waals surface area contributed by atoms with E-state index in [2.05, 4.69) is 8.37 Å². The molecule has 98 valence electrons. The minimum Gasteiger partial charge on any atom is -0.267 e. The molecule has 0 aromatic carbocycles. The van der Waals surface area contributed by atoms with E-state index in [1.165, 1.54) is 0 Å². The lowest BCUT2D eigenvalue weighted by atomic mass is 10.5. The Morgan fingerprint density at radius 2 is 1.00 bits per heavy atom. The van der Waals surface area contributed by atoms with E-state index in [0.717, 1.165) is 0 Å². The first-order valence-corrected chi connectivity index (χ1v) is 8.01. The molecule has 0 aromatic rings. The molecule has 8 heteroatoms. The second kappa shape index (κ2) is 5.95. The second-order valence-corrected chi connectivity index (χ2v) is 7.25. The molecule has 0 rings (SSSR count). The van der Waals surface area contributed by atoms with Crippen LogP contribution in [0.15, 0.2) is 0 Å². The fourth-order valence-corrected chi connectivity index (χ4v) is 3.89. The number of hydrogen-bond acceptors (Lipinski definition) is 6. The molecule has 16 heavy (non-hydrogen) atoms. The van der Waals surface area contributed by atoms with Gasteiger partial charge < -0.3 is 0 Å². The summed E-state index contributed by atoms with van der Waals surface area (Å²) in [4.78, 5) is 0. The highest BCUT2D eigenvalue weighted by molar-refractivity contribution is 7.90. The van der Waals surface area contributed by atoms with Crippen molar-refractivity contribution in [1.29, 1.82) is 0 Å². The molecular weight excluding hydrogens is 256 g/mol. The Morgan fingerprint density at radius 3 is 1.19 bits per heavy atom. The SMILES string of the molecule is CC(C)OS(=O)(=O)CCS(=O)(=O)OC(C)C. The lowest BCUT2D eigenvalue weighted by Crippen LogP contribution is -2.24. The summed E-state index contributed by atoms with van der Waals surface area (Å²) in [6, 6.07) is 0. The van der Waals surface area contributed by atoms with Crippen LogP contribution in [0.5, 0.6) is 0 Å². The summed E-state index contributed by atoms with van der Waals surface area (Å²) in [5, 5.41) is 0. The lowest BCUT2D eigenvalue weighted by molar-refractivity contribution is 0.244. The van der Waals surface area contributed by atoms with Gasteiger partial charge in [-0.25, -0.2) is 0 Å². The van der Waals surface area contributed by atoms with Gasteiger partial charge in [0.15, 0.2) is 0 Å². The van der Waals surface area contributed by atoms with Crippen LogP contribution < -0.4 is 0 Å². The van der Waals surface area contributed by atoms with Crippen LogP contribution in [0.2, 0.25) is 0 Å². The first-order valence-electron chi connectivity index (χ1n) is 4.86. The van der Waals surface area contributed by atoms with Crippen LogP contribution in [0, 0.1) is 0 Å². The lowest BCUT2D eigenvalue weighted by Gasteiger charge is -2.10. The first kappa shape index (κ1) is 15.8. The molecule has 0 radical (unpaired) electrons. The van der Waals surface area contributed by atoms with E-state index in [-0.39, 0.29) is 0 Å². The molecule has 0 unspecified atom stereocenters. The predicted molar refractivity (Wildman–Crippen MR) is 60.0 cm³/mol. The molecule has 0 N–H and O–H groups in total. The summed E-state index contributed by atoms with van der Waals surface area (Å²) in [5.41, 5.74) is 0. The highest BCUT2D eigenvalue weighted by atomic mass is 32.2. The Kier molecular flexibility index (Phi) is 5.88. The Hall–Kier alpha value is -0.180. The Morgan fingerprint density at radius 1 is 0.750 bits per heavy atom. The smallest absolute Gasteiger partial charge is 0.267 e. The van der Waals surface area contributed by atoms with Crippen molar-refractivity contribution in [3.8, 4) is 0 Å². The zero-order valence-electron chi connectivity index (χ0n) is 9.83. The van der Waals surface area contributed by atoms with Crippen molar-refractivity contribution in [2.45, 2.75) is 39.9 Å². The molecule has 0 aromatic heterocycles. The van der Waals surface area contributed by atoms with Crippen molar-refractivity contribution in [2.24, 2.45) is 0 Å². The van der Waals surface area contributed by atoms with Crippen molar-refractivity contribution in [1.82, 2.24) is 0 Å². The molecule has 0 amide bonds. The van der Waals surface area contributed by atoms with E-state index in [1.54, 1.807) is 27.7 Å². The molecule has 0 saturated carbocycles. The van der Waals surface area contributed by atoms with Crippen LogP contribution >= 0.6 is 0 Å². The summed E-state index contributed by atoms with van der Waals surface area (Å²) in [6.45, 7) is 6.21. The summed E-state index contributed by atoms with van der Waals surface area (Å²) in [5.74, 6) is -1.19. The summed E-state index contributed by atoms with van der Waals surface area (Å²) in [6.07, 6.45) is -1.00. The van der Waals surface area contributed by atoms with Crippen LogP contribution in [0.3, 0.4) is 0 Å². The van der Waals surface area contributed by atoms with Gasteiger partial charge in [0.05, 0.1) is 23.7 Å². The fourth-order valence-electron chi connectivity index (χ4n) is 0.887. The molecule has 0 bridgehead atoms. The van der Waals surface area contributed by atoms with E-state index >= 15 is 0 Å². The van der Waals surface area contributed by atoms with E-state index in [1.807, 2.05) is 0 Å². The maximum atomic E-state index is 11.2. The van der Waals surface area contributed by atoms with Crippen LogP contribution in [0.25, 0.3) is 0 Å². The zero-order valence-corrected chi connectivity index (χ0v) is 11.5. The Labute approximate surface area is 97.2 Å². The molecule has 0 fully saturated rings. The molecule has 6 nitrogen and oxygen atoms in total.